The van der Waals surface area contributed by atoms with Crippen LogP contribution in [0.4, 0.5) is 4.39 Å². The zero-order valence-corrected chi connectivity index (χ0v) is 13.7. The molecule has 0 atom stereocenters. The summed E-state index contributed by atoms with van der Waals surface area (Å²) in [5.74, 6) is 0.0542. The minimum atomic E-state index is -0.432. The van der Waals surface area contributed by atoms with E-state index in [-0.39, 0.29) is 17.6 Å². The maximum Gasteiger partial charge on any atom is 0.314 e. The zero-order valence-electron chi connectivity index (χ0n) is 13.7. The van der Waals surface area contributed by atoms with E-state index in [1.54, 1.807) is 6.07 Å². The Morgan fingerprint density at radius 1 is 1.18 bits per heavy atom. The van der Waals surface area contributed by atoms with Crippen molar-refractivity contribution in [3.63, 3.8) is 0 Å². The first-order chi connectivity index (χ1) is 10.6. The average molecular weight is 306 g/mol. The molecule has 0 aliphatic heterocycles. The van der Waals surface area contributed by atoms with Gasteiger partial charge >= 0.3 is 5.97 Å². The summed E-state index contributed by atoms with van der Waals surface area (Å²) in [5, 5.41) is 0. The van der Waals surface area contributed by atoms with Crippen molar-refractivity contribution in [2.24, 2.45) is 11.8 Å². The standard InChI is InChI=1S/C19H27FO2/c1-3-5-14-7-10-16(11-8-14)19(21)22-18-12-9-15(6-4-2)13-17(18)20/h9,12-14,16H,3-8,10-11H2,1-2H3/t14-,16-. The number of rotatable bonds is 6. The fraction of sp³-hybridized carbons (Fsp3) is 0.632. The molecule has 1 aromatic rings. The molecule has 1 aliphatic rings. The van der Waals surface area contributed by atoms with E-state index in [0.717, 1.165) is 50.0 Å². The highest BCUT2D eigenvalue weighted by Crippen LogP contribution is 2.32. The summed E-state index contributed by atoms with van der Waals surface area (Å²) in [7, 11) is 0. The summed E-state index contributed by atoms with van der Waals surface area (Å²) in [6.07, 6.45) is 8.19. The maximum atomic E-state index is 14.0. The predicted molar refractivity (Wildman–Crippen MR) is 86.4 cm³/mol. The molecule has 0 unspecified atom stereocenters. The molecule has 1 aliphatic carbocycles. The highest BCUT2D eigenvalue weighted by atomic mass is 19.1. The van der Waals surface area contributed by atoms with E-state index in [0.29, 0.717) is 0 Å². The summed E-state index contributed by atoms with van der Waals surface area (Å²) in [5.41, 5.74) is 0.944. The number of halogens is 1. The molecule has 0 spiro atoms. The van der Waals surface area contributed by atoms with Gasteiger partial charge in [-0.2, -0.15) is 0 Å². The molecule has 0 N–H and O–H groups in total. The van der Waals surface area contributed by atoms with Crippen molar-refractivity contribution in [1.82, 2.24) is 0 Å². The molecule has 122 valence electrons. The molecule has 2 nitrogen and oxygen atoms in total. The van der Waals surface area contributed by atoms with Crippen LogP contribution in [0.25, 0.3) is 0 Å². The average Bonchev–Trinajstić information content (AvgIpc) is 2.51. The smallest absolute Gasteiger partial charge is 0.314 e. The van der Waals surface area contributed by atoms with Crippen LogP contribution in [0.1, 0.15) is 64.4 Å². The van der Waals surface area contributed by atoms with Crippen molar-refractivity contribution in [1.29, 1.82) is 0 Å². The molecule has 0 radical (unpaired) electrons. The zero-order chi connectivity index (χ0) is 15.9. The van der Waals surface area contributed by atoms with Crippen molar-refractivity contribution in [3.8, 4) is 5.75 Å². The lowest BCUT2D eigenvalue weighted by molar-refractivity contribution is -0.140. The molecular formula is C19H27FO2. The van der Waals surface area contributed by atoms with Gasteiger partial charge < -0.3 is 4.74 Å². The Balaban J connectivity index is 1.89. The first-order valence-corrected chi connectivity index (χ1v) is 8.64. The molecule has 2 rings (SSSR count). The van der Waals surface area contributed by atoms with Gasteiger partial charge in [0, 0.05) is 0 Å². The first-order valence-electron chi connectivity index (χ1n) is 8.64. The van der Waals surface area contributed by atoms with Gasteiger partial charge in [-0.05, 0) is 55.7 Å². The Morgan fingerprint density at radius 2 is 1.91 bits per heavy atom. The summed E-state index contributed by atoms with van der Waals surface area (Å²) in [6, 6.07) is 4.90. The summed E-state index contributed by atoms with van der Waals surface area (Å²) < 4.78 is 19.3. The molecule has 0 amide bonds. The van der Waals surface area contributed by atoms with Crippen LogP contribution in [0.5, 0.6) is 5.75 Å². The molecule has 1 aromatic carbocycles. The van der Waals surface area contributed by atoms with Crippen LogP contribution in [0.2, 0.25) is 0 Å². The third-order valence-corrected chi connectivity index (χ3v) is 4.62. The van der Waals surface area contributed by atoms with Gasteiger partial charge in [0.1, 0.15) is 0 Å². The van der Waals surface area contributed by atoms with Crippen LogP contribution in [0.15, 0.2) is 18.2 Å². The van der Waals surface area contributed by atoms with Crippen LogP contribution >= 0.6 is 0 Å². The number of carbonyl (C=O) groups is 1. The van der Waals surface area contributed by atoms with Gasteiger partial charge in [0.05, 0.1) is 5.92 Å². The second-order valence-corrected chi connectivity index (χ2v) is 6.44. The normalized spacial score (nSPS) is 21.6. The Labute approximate surface area is 133 Å². The lowest BCUT2D eigenvalue weighted by Crippen LogP contribution is -2.26. The monoisotopic (exact) mass is 306 g/mol. The topological polar surface area (TPSA) is 26.3 Å². The third-order valence-electron chi connectivity index (χ3n) is 4.62. The van der Waals surface area contributed by atoms with Crippen molar-refractivity contribution in [2.45, 2.75) is 65.2 Å². The minimum absolute atomic E-state index is 0.0668. The Morgan fingerprint density at radius 3 is 2.50 bits per heavy atom. The molecular weight excluding hydrogens is 279 g/mol. The van der Waals surface area contributed by atoms with E-state index >= 15 is 0 Å². The van der Waals surface area contributed by atoms with Gasteiger partial charge in [-0.1, -0.05) is 39.2 Å². The minimum Gasteiger partial charge on any atom is -0.423 e. The molecule has 0 heterocycles. The lowest BCUT2D eigenvalue weighted by Gasteiger charge is -2.26. The Bertz CT molecular complexity index is 490. The van der Waals surface area contributed by atoms with Crippen LogP contribution in [0.3, 0.4) is 0 Å². The predicted octanol–water partition coefficient (Wildman–Crippen LogP) is 5.29. The van der Waals surface area contributed by atoms with E-state index in [1.807, 2.05) is 6.07 Å². The second kappa shape index (κ2) is 8.30. The van der Waals surface area contributed by atoms with E-state index in [9.17, 15) is 9.18 Å². The van der Waals surface area contributed by atoms with Crippen molar-refractivity contribution in [3.05, 3.63) is 29.6 Å². The number of esters is 1. The second-order valence-electron chi connectivity index (χ2n) is 6.44. The molecule has 0 aromatic heterocycles. The molecule has 22 heavy (non-hydrogen) atoms. The van der Waals surface area contributed by atoms with Crippen LogP contribution in [-0.2, 0) is 11.2 Å². The summed E-state index contributed by atoms with van der Waals surface area (Å²) in [4.78, 5) is 12.2. The summed E-state index contributed by atoms with van der Waals surface area (Å²) in [6.45, 7) is 4.26. The van der Waals surface area contributed by atoms with Crippen molar-refractivity contribution in [2.75, 3.05) is 0 Å². The third kappa shape index (κ3) is 4.56. The van der Waals surface area contributed by atoms with Crippen molar-refractivity contribution < 1.29 is 13.9 Å². The van der Waals surface area contributed by atoms with E-state index in [4.69, 9.17) is 4.74 Å². The lowest BCUT2D eigenvalue weighted by atomic mass is 9.80. The number of aryl methyl sites for hydroxylation is 1. The van der Waals surface area contributed by atoms with Gasteiger partial charge in [-0.3, -0.25) is 4.79 Å². The van der Waals surface area contributed by atoms with Crippen LogP contribution in [-0.4, -0.2) is 5.97 Å². The fourth-order valence-corrected chi connectivity index (χ4v) is 3.36. The molecule has 0 bridgehead atoms. The van der Waals surface area contributed by atoms with Gasteiger partial charge in [0.15, 0.2) is 11.6 Å². The highest BCUT2D eigenvalue weighted by molar-refractivity contribution is 5.75. The van der Waals surface area contributed by atoms with E-state index < -0.39 is 5.82 Å². The van der Waals surface area contributed by atoms with Crippen LogP contribution in [0, 0.1) is 17.7 Å². The number of ether oxygens (including phenoxy) is 1. The molecule has 0 saturated heterocycles. The number of hydrogen-bond donors (Lipinski definition) is 0. The number of hydrogen-bond acceptors (Lipinski definition) is 2. The molecule has 3 heteroatoms. The Kier molecular flexibility index (Phi) is 6.41. The summed E-state index contributed by atoms with van der Waals surface area (Å²) >= 11 is 0. The van der Waals surface area contributed by atoms with Gasteiger partial charge in [0.2, 0.25) is 0 Å². The van der Waals surface area contributed by atoms with E-state index in [1.165, 1.54) is 18.9 Å². The van der Waals surface area contributed by atoms with Gasteiger partial charge in [-0.25, -0.2) is 4.39 Å². The van der Waals surface area contributed by atoms with Gasteiger partial charge in [-0.15, -0.1) is 0 Å². The first kappa shape index (κ1) is 17.0. The quantitative estimate of drug-likeness (QED) is 0.527. The fourth-order valence-electron chi connectivity index (χ4n) is 3.36. The Hall–Kier alpha value is -1.38. The van der Waals surface area contributed by atoms with Crippen LogP contribution < -0.4 is 4.74 Å². The van der Waals surface area contributed by atoms with E-state index in [2.05, 4.69) is 13.8 Å². The highest BCUT2D eigenvalue weighted by Gasteiger charge is 2.27. The largest absolute Gasteiger partial charge is 0.423 e. The SMILES string of the molecule is CCCc1ccc(OC(=O)[C@H]2CC[C@H](CCC)CC2)c(F)c1. The number of carbonyl (C=O) groups excluding carboxylic acids is 1. The number of benzene rings is 1. The van der Waals surface area contributed by atoms with Gasteiger partial charge in [0.25, 0.3) is 0 Å². The maximum absolute atomic E-state index is 14.0. The van der Waals surface area contributed by atoms with Crippen molar-refractivity contribution >= 4 is 5.97 Å². The molecule has 1 fully saturated rings. The molecule has 1 saturated carbocycles.